The highest BCUT2D eigenvalue weighted by Gasteiger charge is 2.46. The number of hydrogen-bond donors (Lipinski definition) is 0. The Kier molecular flexibility index (Phi) is 12.9. The molecule has 0 aliphatic carbocycles. The van der Waals surface area contributed by atoms with E-state index in [2.05, 4.69) is 13.6 Å². The molecular weight excluding hydrogens is 458 g/mol. The van der Waals surface area contributed by atoms with Crippen LogP contribution in [-0.4, -0.2) is 110 Å². The van der Waals surface area contributed by atoms with Gasteiger partial charge >= 0.3 is 15.6 Å². The fraction of sp³-hybridized carbons (Fsp3) is 1.00. The van der Waals surface area contributed by atoms with E-state index in [0.29, 0.717) is 8.55 Å². The van der Waals surface area contributed by atoms with Crippen LogP contribution in [0.15, 0.2) is 0 Å². The van der Waals surface area contributed by atoms with Gasteiger partial charge in [-0.05, 0) is 0 Å². The van der Waals surface area contributed by atoms with Gasteiger partial charge < -0.3 is 3.87 Å². The third-order valence-corrected chi connectivity index (χ3v) is 44.8. The van der Waals surface area contributed by atoms with E-state index in [0.717, 1.165) is 59.9 Å². The Labute approximate surface area is 136 Å². The van der Waals surface area contributed by atoms with E-state index >= 15 is 0 Å². The van der Waals surface area contributed by atoms with Gasteiger partial charge in [0, 0.05) is 86.8 Å². The van der Waals surface area contributed by atoms with Crippen LogP contribution < -0.4 is 0 Å². The van der Waals surface area contributed by atoms with Gasteiger partial charge in [0.25, 0.3) is 0 Å². The first-order valence-corrected chi connectivity index (χ1v) is 25.8. The van der Waals surface area contributed by atoms with Crippen LogP contribution in [0, 0.1) is 0 Å². The highest BCUT2D eigenvalue weighted by Crippen LogP contribution is 2.23. The molecular formula is CF3O3SSi11. The number of alkyl halides is 3. The Hall–Kier alpha value is 2.09. The van der Waals surface area contributed by atoms with Crippen LogP contribution in [0.1, 0.15) is 0 Å². The van der Waals surface area contributed by atoms with Gasteiger partial charge in [0.1, 0.15) is 0 Å². The van der Waals surface area contributed by atoms with E-state index < -0.39 is 24.9 Å². The standard InChI is InChI=1S/CF3O3SSi11/c2-1(3,4)8(5,6)7-10-12-14-16-18-19-17-15-13-11-9. The van der Waals surface area contributed by atoms with E-state index in [1.807, 2.05) is 0 Å². The molecule has 0 aliphatic rings. The second kappa shape index (κ2) is 11.6. The Balaban J connectivity index is 3.42. The minimum atomic E-state index is -5.38. The normalized spacial score (nSPS) is 12.8. The molecule has 0 fully saturated rings. The summed E-state index contributed by atoms with van der Waals surface area (Å²) in [6.07, 6.45) is 0. The summed E-state index contributed by atoms with van der Waals surface area (Å²) in [6, 6.07) is 0. The third kappa shape index (κ3) is 11.3. The molecule has 0 unspecified atom stereocenters. The first-order chi connectivity index (χ1) is 8.81. The first-order valence-electron chi connectivity index (χ1n) is 3.98. The van der Waals surface area contributed by atoms with Gasteiger partial charge in [-0.15, -0.1) is 0 Å². The van der Waals surface area contributed by atoms with Crippen molar-refractivity contribution in [1.82, 2.24) is 0 Å². The molecule has 0 aromatic heterocycles. The van der Waals surface area contributed by atoms with Gasteiger partial charge in [0.05, 0.1) is 0 Å². The zero-order valence-electron chi connectivity index (χ0n) is 8.77. The predicted octanol–water partition coefficient (Wildman–Crippen LogP) is -3.87. The van der Waals surface area contributed by atoms with E-state index in [9.17, 15) is 21.6 Å². The van der Waals surface area contributed by atoms with E-state index in [4.69, 9.17) is 0 Å². The summed E-state index contributed by atoms with van der Waals surface area (Å²) < 4.78 is 60.8. The maximum absolute atomic E-state index is 11.9. The highest BCUT2D eigenvalue weighted by molar-refractivity contribution is 7.88. The monoisotopic (exact) mass is 457 g/mol. The summed E-state index contributed by atoms with van der Waals surface area (Å²) in [5.41, 5.74) is -5.29. The Morgan fingerprint density at radius 2 is 1.26 bits per heavy atom. The molecule has 0 aliphatic heterocycles. The topological polar surface area (TPSA) is 43.4 Å². The Bertz CT molecular complexity index is 318. The molecule has 0 aromatic carbocycles. The van der Waals surface area contributed by atoms with Crippen LogP contribution in [0.4, 0.5) is 13.2 Å². The lowest BCUT2D eigenvalue weighted by molar-refractivity contribution is -0.0498. The second-order valence-corrected chi connectivity index (χ2v) is 34.3. The molecule has 19 heavy (non-hydrogen) atoms. The number of halogens is 3. The molecule has 0 spiro atoms. The van der Waals surface area contributed by atoms with E-state index in [1.165, 1.54) is 0 Å². The average molecular weight is 458 g/mol. The third-order valence-electron chi connectivity index (χ3n) is 0.986. The van der Waals surface area contributed by atoms with Gasteiger partial charge in [-0.2, -0.15) is 21.6 Å². The van der Waals surface area contributed by atoms with Gasteiger partial charge in [0.15, 0.2) is 0 Å². The second-order valence-electron chi connectivity index (χ2n) is 2.21. The molecule has 23 radical (unpaired) electrons. The molecule has 0 saturated carbocycles. The maximum Gasteiger partial charge on any atom is 0.522 e. The van der Waals surface area contributed by atoms with Crippen molar-refractivity contribution < 1.29 is 25.5 Å². The molecule has 18 heteroatoms. The average Bonchev–Trinajstić information content (AvgIpc) is 2.30. The fourth-order valence-electron chi connectivity index (χ4n) is 0.367. The van der Waals surface area contributed by atoms with Crippen molar-refractivity contribution in [3.05, 3.63) is 0 Å². The predicted molar refractivity (Wildman–Crippen MR) is 79.4 cm³/mol. The SMILES string of the molecule is O=S(=O)(O[Si][Si][Si][Si][Si][Si][Si][Si][Si][Si][Si])C(F)(F)F. The molecule has 0 bridgehead atoms. The van der Waals surface area contributed by atoms with Crippen molar-refractivity contribution in [2.75, 3.05) is 0 Å². The van der Waals surface area contributed by atoms with Crippen molar-refractivity contribution in [3.63, 3.8) is 0 Å². The highest BCUT2D eigenvalue weighted by atomic mass is 32.2. The Morgan fingerprint density at radius 3 is 1.68 bits per heavy atom. The molecule has 0 N–H and O–H groups in total. The smallest absolute Gasteiger partial charge is 0.314 e. The van der Waals surface area contributed by atoms with Crippen molar-refractivity contribution in [3.8, 4) is 0 Å². The Morgan fingerprint density at radius 1 is 0.842 bits per heavy atom. The van der Waals surface area contributed by atoms with Gasteiger partial charge in [-0.3, -0.25) is 0 Å². The summed E-state index contributed by atoms with van der Waals surface area (Å²) in [5, 5.41) is 0. The van der Waals surface area contributed by atoms with Crippen LogP contribution in [0.5, 0.6) is 0 Å². The lowest BCUT2D eigenvalue weighted by atomic mass is 11.6. The van der Waals surface area contributed by atoms with Crippen LogP contribution in [0.2, 0.25) is 0 Å². The van der Waals surface area contributed by atoms with Crippen molar-refractivity contribution in [2.24, 2.45) is 0 Å². The minimum Gasteiger partial charge on any atom is -0.314 e. The summed E-state index contributed by atoms with van der Waals surface area (Å²) in [7, 11) is 4.82. The molecule has 0 amide bonds. The molecule has 0 aromatic rings. The molecule has 3 nitrogen and oxygen atoms in total. The lowest BCUT2D eigenvalue weighted by Crippen LogP contribution is -2.34. The summed E-state index contributed by atoms with van der Waals surface area (Å²) in [4.78, 5) is 0. The van der Waals surface area contributed by atoms with Crippen LogP contribution in [-0.2, 0) is 14.0 Å². The number of rotatable bonds is 11. The van der Waals surface area contributed by atoms with Gasteiger partial charge in [0.2, 0.25) is 9.28 Å². The first kappa shape index (κ1) is 21.1. The van der Waals surface area contributed by atoms with Crippen molar-refractivity contribution in [1.29, 1.82) is 0 Å². The van der Waals surface area contributed by atoms with Crippen LogP contribution in [0.3, 0.4) is 0 Å². The molecule has 0 atom stereocenters. The summed E-state index contributed by atoms with van der Waals surface area (Å²) >= 11 is 0. The molecule has 0 heterocycles. The fourth-order valence-corrected chi connectivity index (χ4v) is 58.8. The van der Waals surface area contributed by atoms with Crippen molar-refractivity contribution >= 4 is 106 Å². The zero-order chi connectivity index (χ0) is 14.8. The molecule has 0 saturated heterocycles. The van der Waals surface area contributed by atoms with Crippen LogP contribution in [0.25, 0.3) is 0 Å². The van der Waals surface area contributed by atoms with Crippen LogP contribution >= 0.6 is 0 Å². The minimum absolute atomic E-state index is 0.176. The van der Waals surface area contributed by atoms with E-state index in [-0.39, 0.29) is 8.55 Å². The number of hydrogen-bond acceptors (Lipinski definition) is 3. The summed E-state index contributed by atoms with van der Waals surface area (Å²) in [6.45, 7) is 0. The molecule has 93 valence electrons. The van der Waals surface area contributed by atoms with Crippen molar-refractivity contribution in [2.45, 2.75) is 5.51 Å². The van der Waals surface area contributed by atoms with E-state index in [1.54, 1.807) is 0 Å². The molecule has 0 rings (SSSR count). The zero-order valence-corrected chi connectivity index (χ0v) is 20.6. The lowest BCUT2D eigenvalue weighted by Gasteiger charge is -2.06. The van der Waals surface area contributed by atoms with Gasteiger partial charge in [-0.1, -0.05) is 0 Å². The van der Waals surface area contributed by atoms with Gasteiger partial charge in [-0.25, -0.2) is 0 Å². The summed E-state index contributed by atoms with van der Waals surface area (Å²) in [5.74, 6) is 0. The largest absolute Gasteiger partial charge is 0.522 e. The quantitative estimate of drug-likeness (QED) is 0.181. The maximum atomic E-state index is 11.9.